The highest BCUT2D eigenvalue weighted by atomic mass is 79.9. The molecule has 2 heterocycles. The molecule has 88 valence electrons. The van der Waals surface area contributed by atoms with Crippen molar-refractivity contribution in [3.05, 3.63) is 23.9 Å². The minimum Gasteiger partial charge on any atom is -0.377 e. The van der Waals surface area contributed by atoms with Crippen LogP contribution in [0.2, 0.25) is 0 Å². The van der Waals surface area contributed by atoms with Crippen LogP contribution < -0.4 is 4.90 Å². The number of rotatable bonds is 2. The first-order chi connectivity index (χ1) is 7.81. The molecule has 1 unspecified atom stereocenters. The van der Waals surface area contributed by atoms with E-state index in [1.54, 1.807) is 0 Å². The fourth-order valence-corrected chi connectivity index (χ4v) is 2.44. The number of halogens is 1. The van der Waals surface area contributed by atoms with Gasteiger partial charge in [0.1, 0.15) is 5.82 Å². The fraction of sp³-hybridized carbons (Fsp3) is 0.583. The van der Waals surface area contributed by atoms with E-state index >= 15 is 0 Å². The largest absolute Gasteiger partial charge is 0.377 e. The van der Waals surface area contributed by atoms with Crippen LogP contribution in [-0.4, -0.2) is 30.8 Å². The Hall–Kier alpha value is -0.610. The van der Waals surface area contributed by atoms with Gasteiger partial charge in [0.15, 0.2) is 0 Å². The highest BCUT2D eigenvalue weighted by Crippen LogP contribution is 2.21. The number of aromatic nitrogens is 1. The summed E-state index contributed by atoms with van der Waals surface area (Å²) in [5.41, 5.74) is 1.25. The molecule has 0 spiro atoms. The van der Waals surface area contributed by atoms with Gasteiger partial charge in [0.25, 0.3) is 0 Å². The van der Waals surface area contributed by atoms with Gasteiger partial charge in [0.05, 0.1) is 6.10 Å². The van der Waals surface area contributed by atoms with E-state index in [9.17, 15) is 0 Å². The zero-order valence-electron chi connectivity index (χ0n) is 9.53. The summed E-state index contributed by atoms with van der Waals surface area (Å²) >= 11 is 3.51. The predicted octanol–water partition coefficient (Wildman–Crippen LogP) is 2.59. The first kappa shape index (κ1) is 11.9. The molecule has 0 radical (unpaired) electrons. The topological polar surface area (TPSA) is 25.4 Å². The van der Waals surface area contributed by atoms with Crippen molar-refractivity contribution >= 4 is 21.7 Å². The molecule has 3 nitrogen and oxygen atoms in total. The number of alkyl halides is 1. The lowest BCUT2D eigenvalue weighted by Gasteiger charge is -2.24. The maximum atomic E-state index is 5.65. The molecule has 1 aliphatic rings. The number of pyridine rings is 1. The predicted molar refractivity (Wildman–Crippen MR) is 69.1 cm³/mol. The summed E-state index contributed by atoms with van der Waals surface area (Å²) in [4.78, 5) is 6.82. The Balaban J connectivity index is 2.20. The van der Waals surface area contributed by atoms with Gasteiger partial charge in [-0.05, 0) is 19.4 Å². The van der Waals surface area contributed by atoms with Gasteiger partial charge < -0.3 is 9.64 Å². The van der Waals surface area contributed by atoms with Crippen molar-refractivity contribution in [2.75, 3.05) is 24.6 Å². The second kappa shape index (κ2) is 5.64. The van der Waals surface area contributed by atoms with E-state index in [-0.39, 0.29) is 6.10 Å². The minimum atomic E-state index is 0.285. The van der Waals surface area contributed by atoms with Gasteiger partial charge in [-0.3, -0.25) is 0 Å². The SMILES string of the molecule is CC1CN(c2ncccc2CBr)CCCO1. The maximum Gasteiger partial charge on any atom is 0.132 e. The maximum absolute atomic E-state index is 5.65. The summed E-state index contributed by atoms with van der Waals surface area (Å²) in [5, 5.41) is 0.849. The normalized spacial score (nSPS) is 21.9. The summed E-state index contributed by atoms with van der Waals surface area (Å²) in [6, 6.07) is 4.10. The van der Waals surface area contributed by atoms with Gasteiger partial charge in [-0.25, -0.2) is 4.98 Å². The molecule has 2 rings (SSSR count). The monoisotopic (exact) mass is 284 g/mol. The van der Waals surface area contributed by atoms with E-state index in [1.165, 1.54) is 5.56 Å². The quantitative estimate of drug-likeness (QED) is 0.781. The van der Waals surface area contributed by atoms with E-state index in [0.717, 1.165) is 37.3 Å². The molecule has 1 atom stereocenters. The highest BCUT2D eigenvalue weighted by Gasteiger charge is 2.18. The van der Waals surface area contributed by atoms with Crippen LogP contribution in [0.5, 0.6) is 0 Å². The third-order valence-electron chi connectivity index (χ3n) is 2.76. The Labute approximate surface area is 105 Å². The zero-order chi connectivity index (χ0) is 11.4. The van der Waals surface area contributed by atoms with Crippen molar-refractivity contribution in [1.29, 1.82) is 0 Å². The van der Waals surface area contributed by atoms with E-state index in [2.05, 4.69) is 38.8 Å². The van der Waals surface area contributed by atoms with Crippen molar-refractivity contribution in [2.24, 2.45) is 0 Å². The van der Waals surface area contributed by atoms with Crippen LogP contribution in [0.15, 0.2) is 18.3 Å². The smallest absolute Gasteiger partial charge is 0.132 e. The van der Waals surface area contributed by atoms with Gasteiger partial charge in [0, 0.05) is 36.8 Å². The molecule has 0 amide bonds. The number of nitrogens with zero attached hydrogens (tertiary/aromatic N) is 2. The second-order valence-electron chi connectivity index (χ2n) is 4.10. The lowest BCUT2D eigenvalue weighted by Crippen LogP contribution is -2.31. The standard InChI is InChI=1S/C12H17BrN2O/c1-10-9-15(6-3-7-16-10)12-11(8-13)4-2-5-14-12/h2,4-5,10H,3,6-9H2,1H3. The summed E-state index contributed by atoms with van der Waals surface area (Å²) < 4.78 is 5.65. The average molecular weight is 285 g/mol. The lowest BCUT2D eigenvalue weighted by molar-refractivity contribution is 0.0820. The van der Waals surface area contributed by atoms with Crippen molar-refractivity contribution in [2.45, 2.75) is 24.8 Å². The Morgan fingerprint density at radius 2 is 2.50 bits per heavy atom. The van der Waals surface area contributed by atoms with Gasteiger partial charge in [-0.2, -0.15) is 0 Å². The molecule has 1 aliphatic heterocycles. The third-order valence-corrected chi connectivity index (χ3v) is 3.37. The fourth-order valence-electron chi connectivity index (χ4n) is 2.01. The molecular weight excluding hydrogens is 268 g/mol. The average Bonchev–Trinajstić information content (AvgIpc) is 2.54. The lowest BCUT2D eigenvalue weighted by atomic mass is 10.2. The third kappa shape index (κ3) is 2.74. The van der Waals surface area contributed by atoms with Crippen molar-refractivity contribution < 1.29 is 4.74 Å². The summed E-state index contributed by atoms with van der Waals surface area (Å²) in [5.74, 6) is 1.09. The van der Waals surface area contributed by atoms with Crippen molar-refractivity contribution in [3.8, 4) is 0 Å². The van der Waals surface area contributed by atoms with Crippen LogP contribution in [-0.2, 0) is 10.1 Å². The first-order valence-corrected chi connectivity index (χ1v) is 6.80. The Morgan fingerprint density at radius 3 is 3.31 bits per heavy atom. The van der Waals surface area contributed by atoms with Crippen LogP contribution in [0.4, 0.5) is 5.82 Å². The summed E-state index contributed by atoms with van der Waals surface area (Å²) in [6.45, 7) is 4.93. The van der Waals surface area contributed by atoms with Gasteiger partial charge in [-0.1, -0.05) is 22.0 Å². The summed E-state index contributed by atoms with van der Waals surface area (Å²) in [6.07, 6.45) is 3.22. The van der Waals surface area contributed by atoms with E-state index < -0.39 is 0 Å². The summed E-state index contributed by atoms with van der Waals surface area (Å²) in [7, 11) is 0. The molecule has 0 saturated carbocycles. The molecular formula is C12H17BrN2O. The van der Waals surface area contributed by atoms with E-state index in [0.29, 0.717) is 0 Å². The molecule has 1 aromatic heterocycles. The molecule has 1 saturated heterocycles. The zero-order valence-corrected chi connectivity index (χ0v) is 11.1. The van der Waals surface area contributed by atoms with Crippen molar-refractivity contribution in [1.82, 2.24) is 4.98 Å². The molecule has 0 N–H and O–H groups in total. The molecule has 1 fully saturated rings. The molecule has 0 aliphatic carbocycles. The van der Waals surface area contributed by atoms with Crippen molar-refractivity contribution in [3.63, 3.8) is 0 Å². The Morgan fingerprint density at radius 1 is 1.62 bits per heavy atom. The minimum absolute atomic E-state index is 0.285. The van der Waals surface area contributed by atoms with Crippen LogP contribution in [0.3, 0.4) is 0 Å². The van der Waals surface area contributed by atoms with Crippen LogP contribution in [0, 0.1) is 0 Å². The highest BCUT2D eigenvalue weighted by molar-refractivity contribution is 9.08. The molecule has 4 heteroatoms. The van der Waals surface area contributed by atoms with E-state index in [4.69, 9.17) is 4.74 Å². The second-order valence-corrected chi connectivity index (χ2v) is 4.66. The molecule has 1 aromatic rings. The van der Waals surface area contributed by atoms with Crippen LogP contribution >= 0.6 is 15.9 Å². The molecule has 0 bridgehead atoms. The van der Waals surface area contributed by atoms with Gasteiger partial charge in [0.2, 0.25) is 0 Å². The Bertz CT molecular complexity index is 346. The Kier molecular flexibility index (Phi) is 4.18. The van der Waals surface area contributed by atoms with Gasteiger partial charge >= 0.3 is 0 Å². The first-order valence-electron chi connectivity index (χ1n) is 5.67. The number of anilines is 1. The number of hydrogen-bond acceptors (Lipinski definition) is 3. The van der Waals surface area contributed by atoms with Gasteiger partial charge in [-0.15, -0.1) is 0 Å². The van der Waals surface area contributed by atoms with E-state index in [1.807, 2.05) is 12.3 Å². The molecule has 16 heavy (non-hydrogen) atoms. The number of hydrogen-bond donors (Lipinski definition) is 0. The van der Waals surface area contributed by atoms with Crippen LogP contribution in [0.25, 0.3) is 0 Å². The molecule has 0 aromatic carbocycles. The van der Waals surface area contributed by atoms with Crippen LogP contribution in [0.1, 0.15) is 18.9 Å². The number of ether oxygens (including phenoxy) is 1.